The Labute approximate surface area is 185 Å². The van der Waals surface area contributed by atoms with E-state index >= 15 is 0 Å². The first-order valence-electron chi connectivity index (χ1n) is 10.6. The Bertz CT molecular complexity index is 1270. The molecule has 0 atom stereocenters. The highest BCUT2D eigenvalue weighted by Crippen LogP contribution is 2.46. The van der Waals surface area contributed by atoms with Gasteiger partial charge in [0.1, 0.15) is 0 Å². The Morgan fingerprint density at radius 2 is 1.13 bits per heavy atom. The standard InChI is InChI=1S/C28H28NOP/c1-19-12-20(2)15-27(14-19)31(30,28-16-21(3)13-22(4)17-28)29-23(5)25-11-10-24-8-6-7-9-26(24)18-25/h6-18H,1-5H3/b29-23-. The van der Waals surface area contributed by atoms with E-state index in [1.807, 2.05) is 71.0 Å². The van der Waals surface area contributed by atoms with Gasteiger partial charge in [-0.15, -0.1) is 0 Å². The van der Waals surface area contributed by atoms with Gasteiger partial charge >= 0.3 is 0 Å². The number of nitrogens with zero attached hydrogens (tertiary/aromatic N) is 1. The second kappa shape index (κ2) is 8.29. The summed E-state index contributed by atoms with van der Waals surface area (Å²) in [5.74, 6) is 0. The molecule has 0 aromatic heterocycles. The average Bonchev–Trinajstić information content (AvgIpc) is 2.72. The molecule has 4 rings (SSSR count). The van der Waals surface area contributed by atoms with Crippen LogP contribution in [-0.4, -0.2) is 5.71 Å². The molecule has 0 aliphatic heterocycles. The maximum Gasteiger partial charge on any atom is 0.247 e. The van der Waals surface area contributed by atoms with Gasteiger partial charge in [-0.25, -0.2) is 4.76 Å². The van der Waals surface area contributed by atoms with Crippen molar-refractivity contribution < 1.29 is 4.57 Å². The van der Waals surface area contributed by atoms with Crippen LogP contribution in [0.5, 0.6) is 0 Å². The number of rotatable bonds is 4. The highest BCUT2D eigenvalue weighted by atomic mass is 31.2. The molecule has 0 radical (unpaired) electrons. The van der Waals surface area contributed by atoms with Crippen LogP contribution in [0.25, 0.3) is 10.8 Å². The second-order valence-corrected chi connectivity index (χ2v) is 10.9. The molecule has 0 N–H and O–H groups in total. The van der Waals surface area contributed by atoms with Crippen molar-refractivity contribution in [1.29, 1.82) is 0 Å². The third-order valence-corrected chi connectivity index (χ3v) is 8.07. The molecule has 2 nitrogen and oxygen atoms in total. The Kier molecular flexibility index (Phi) is 5.69. The molecule has 31 heavy (non-hydrogen) atoms. The summed E-state index contributed by atoms with van der Waals surface area (Å²) >= 11 is 0. The molecular weight excluding hydrogens is 397 g/mol. The van der Waals surface area contributed by atoms with Gasteiger partial charge < -0.3 is 0 Å². The van der Waals surface area contributed by atoms with Gasteiger partial charge in [-0.3, -0.25) is 4.57 Å². The summed E-state index contributed by atoms with van der Waals surface area (Å²) < 4.78 is 19.6. The van der Waals surface area contributed by atoms with E-state index in [-0.39, 0.29) is 0 Å². The highest BCUT2D eigenvalue weighted by molar-refractivity contribution is 7.77. The largest absolute Gasteiger partial charge is 0.288 e. The average molecular weight is 426 g/mol. The summed E-state index contributed by atoms with van der Waals surface area (Å²) in [4.78, 5) is 0. The van der Waals surface area contributed by atoms with E-state index in [9.17, 15) is 4.57 Å². The van der Waals surface area contributed by atoms with Crippen LogP contribution in [-0.2, 0) is 4.57 Å². The van der Waals surface area contributed by atoms with E-state index in [0.29, 0.717) is 0 Å². The van der Waals surface area contributed by atoms with Crippen LogP contribution >= 0.6 is 7.29 Å². The predicted octanol–water partition coefficient (Wildman–Crippen LogP) is 6.81. The van der Waals surface area contributed by atoms with Crippen LogP contribution < -0.4 is 10.6 Å². The van der Waals surface area contributed by atoms with Gasteiger partial charge in [-0.05, 0) is 81.3 Å². The summed E-state index contributed by atoms with van der Waals surface area (Å²) in [7, 11) is -3.23. The number of hydrogen-bond donors (Lipinski definition) is 0. The lowest BCUT2D eigenvalue weighted by molar-refractivity contribution is 0.588. The van der Waals surface area contributed by atoms with Crippen molar-refractivity contribution in [1.82, 2.24) is 0 Å². The molecule has 0 unspecified atom stereocenters. The molecule has 4 aromatic rings. The summed E-state index contributed by atoms with van der Waals surface area (Å²) in [5.41, 5.74) is 6.16. The Balaban J connectivity index is 1.94. The zero-order valence-electron chi connectivity index (χ0n) is 18.8. The van der Waals surface area contributed by atoms with E-state index in [2.05, 4.69) is 42.5 Å². The van der Waals surface area contributed by atoms with Gasteiger partial charge in [0.2, 0.25) is 7.29 Å². The summed E-state index contributed by atoms with van der Waals surface area (Å²) in [6.07, 6.45) is 0. The highest BCUT2D eigenvalue weighted by Gasteiger charge is 2.28. The third-order valence-electron chi connectivity index (χ3n) is 5.57. The van der Waals surface area contributed by atoms with Crippen molar-refractivity contribution in [2.45, 2.75) is 34.6 Å². The smallest absolute Gasteiger partial charge is 0.247 e. The summed E-state index contributed by atoms with van der Waals surface area (Å²) in [6, 6.07) is 26.8. The lowest BCUT2D eigenvalue weighted by atomic mass is 10.1. The quantitative estimate of drug-likeness (QED) is 0.261. The summed E-state index contributed by atoms with van der Waals surface area (Å²) in [5, 5.41) is 3.92. The van der Waals surface area contributed by atoms with E-state index in [0.717, 1.165) is 49.5 Å². The van der Waals surface area contributed by atoms with Crippen molar-refractivity contribution in [3.8, 4) is 0 Å². The third kappa shape index (κ3) is 4.40. The Morgan fingerprint density at radius 3 is 1.65 bits per heavy atom. The maximum absolute atomic E-state index is 14.7. The fourth-order valence-electron chi connectivity index (χ4n) is 4.20. The van der Waals surface area contributed by atoms with Crippen LogP contribution in [0.1, 0.15) is 34.7 Å². The number of benzene rings is 4. The molecule has 0 aliphatic rings. The number of fused-ring (bicyclic) bond motifs is 1. The van der Waals surface area contributed by atoms with E-state index < -0.39 is 7.29 Å². The maximum atomic E-state index is 14.7. The fraction of sp³-hybridized carbons (Fsp3) is 0.179. The lowest BCUT2D eigenvalue weighted by Crippen LogP contribution is -2.17. The Morgan fingerprint density at radius 1 is 0.645 bits per heavy atom. The normalized spacial score (nSPS) is 12.4. The molecule has 0 bridgehead atoms. The van der Waals surface area contributed by atoms with Gasteiger partial charge in [0.05, 0.1) is 0 Å². The SMILES string of the molecule is C/C(=N/P(=O)(c1cc(C)cc(C)c1)c1cc(C)cc(C)c1)c1ccc2ccccc2c1. The van der Waals surface area contributed by atoms with Gasteiger partial charge in [-0.2, -0.15) is 0 Å². The topological polar surface area (TPSA) is 29.4 Å². The zero-order valence-corrected chi connectivity index (χ0v) is 19.7. The van der Waals surface area contributed by atoms with E-state index in [4.69, 9.17) is 4.76 Å². The van der Waals surface area contributed by atoms with E-state index in [1.165, 1.54) is 5.39 Å². The van der Waals surface area contributed by atoms with E-state index in [1.54, 1.807) is 0 Å². The molecule has 156 valence electrons. The molecular formula is C28H28NOP. The van der Waals surface area contributed by atoms with Gasteiger partial charge in [0.15, 0.2) is 0 Å². The zero-order chi connectivity index (χ0) is 22.2. The first-order valence-corrected chi connectivity index (χ1v) is 12.2. The first kappa shape index (κ1) is 21.3. The monoisotopic (exact) mass is 425 g/mol. The van der Waals surface area contributed by atoms with Gasteiger partial charge in [0.25, 0.3) is 0 Å². The van der Waals surface area contributed by atoms with Crippen molar-refractivity contribution in [3.05, 3.63) is 107 Å². The van der Waals surface area contributed by atoms with Gasteiger partial charge in [-0.1, -0.05) is 70.8 Å². The van der Waals surface area contributed by atoms with Crippen LogP contribution in [0.15, 0.2) is 83.6 Å². The van der Waals surface area contributed by atoms with Crippen LogP contribution in [0.3, 0.4) is 0 Å². The van der Waals surface area contributed by atoms with Crippen molar-refractivity contribution in [2.75, 3.05) is 0 Å². The lowest BCUT2D eigenvalue weighted by Gasteiger charge is -2.19. The minimum absolute atomic E-state index is 0.785. The number of aryl methyl sites for hydroxylation is 4. The molecule has 0 fully saturated rings. The van der Waals surface area contributed by atoms with Crippen molar-refractivity contribution >= 4 is 34.4 Å². The van der Waals surface area contributed by atoms with Crippen LogP contribution in [0.2, 0.25) is 0 Å². The Hall–Kier alpha value is -2.96. The number of hydrogen-bond acceptors (Lipinski definition) is 1. The van der Waals surface area contributed by atoms with Crippen LogP contribution in [0, 0.1) is 27.7 Å². The van der Waals surface area contributed by atoms with Crippen molar-refractivity contribution in [2.24, 2.45) is 4.76 Å². The second-order valence-electron chi connectivity index (χ2n) is 8.52. The molecule has 4 aromatic carbocycles. The molecule has 3 heteroatoms. The van der Waals surface area contributed by atoms with Crippen molar-refractivity contribution in [3.63, 3.8) is 0 Å². The first-order chi connectivity index (χ1) is 14.7. The molecule has 0 aliphatic carbocycles. The molecule has 0 saturated heterocycles. The summed E-state index contributed by atoms with van der Waals surface area (Å²) in [6.45, 7) is 10.1. The minimum atomic E-state index is -3.23. The van der Waals surface area contributed by atoms with Gasteiger partial charge in [0, 0.05) is 16.3 Å². The minimum Gasteiger partial charge on any atom is -0.288 e. The molecule has 0 spiro atoms. The fourth-order valence-corrected chi connectivity index (χ4v) is 6.78. The molecule has 0 saturated carbocycles. The molecule has 0 amide bonds. The molecule has 0 heterocycles. The van der Waals surface area contributed by atoms with Crippen LogP contribution in [0.4, 0.5) is 0 Å². The predicted molar refractivity (Wildman–Crippen MR) is 135 cm³/mol.